The summed E-state index contributed by atoms with van der Waals surface area (Å²) in [6.07, 6.45) is -0.223. The number of phenols is 1. The molecule has 1 aliphatic carbocycles. The lowest BCUT2D eigenvalue weighted by Gasteiger charge is -2.44. The number of fused-ring (bicyclic) bond motifs is 3. The van der Waals surface area contributed by atoms with Gasteiger partial charge in [0.15, 0.2) is 5.79 Å². The molecule has 2 amide bonds. The predicted molar refractivity (Wildman–Crippen MR) is 116 cm³/mol. The molecule has 9 nitrogen and oxygen atoms in total. The number of amides is 2. The molecule has 5 N–H and O–H groups in total. The SMILES string of the molecule is O=C1[C@H]2[C@H](C[C@H](CO)[C@@]3(O)O[C@H](c4ccc(O)cc4)C[C@@H]23)C(=O)N1c1cccc(B(O)O)c1. The van der Waals surface area contributed by atoms with Gasteiger partial charge in [-0.15, -0.1) is 0 Å². The molecule has 0 bridgehead atoms. The van der Waals surface area contributed by atoms with Crippen LogP contribution in [-0.4, -0.2) is 56.7 Å². The maximum atomic E-state index is 13.5. The van der Waals surface area contributed by atoms with Crippen LogP contribution in [0.4, 0.5) is 5.69 Å². The molecule has 3 fully saturated rings. The van der Waals surface area contributed by atoms with Crippen LogP contribution < -0.4 is 10.4 Å². The van der Waals surface area contributed by atoms with Crippen LogP contribution in [0, 0.1) is 23.7 Å². The molecule has 2 heterocycles. The van der Waals surface area contributed by atoms with Crippen molar-refractivity contribution in [3.8, 4) is 5.75 Å². The number of benzene rings is 2. The summed E-state index contributed by atoms with van der Waals surface area (Å²) >= 11 is 0. The number of imide groups is 1. The number of rotatable bonds is 4. The molecule has 1 saturated carbocycles. The van der Waals surface area contributed by atoms with E-state index in [0.717, 1.165) is 4.90 Å². The highest BCUT2D eigenvalue weighted by Crippen LogP contribution is 2.58. The zero-order valence-corrected chi connectivity index (χ0v) is 17.6. The molecular formula is C23H24BNO8. The summed E-state index contributed by atoms with van der Waals surface area (Å²) in [6.45, 7) is -0.411. The number of ether oxygens (including phenoxy) is 1. The number of carbonyl (C=O) groups is 2. The van der Waals surface area contributed by atoms with Crippen LogP contribution in [0.25, 0.3) is 0 Å². The molecule has 0 spiro atoms. The number of phenolic OH excluding ortho intramolecular Hbond substituents is 1. The van der Waals surface area contributed by atoms with Crippen molar-refractivity contribution in [3.63, 3.8) is 0 Å². The van der Waals surface area contributed by atoms with Gasteiger partial charge in [0.1, 0.15) is 5.75 Å². The van der Waals surface area contributed by atoms with E-state index in [1.165, 1.54) is 30.3 Å². The number of hydrogen-bond donors (Lipinski definition) is 5. The normalized spacial score (nSPS) is 33.2. The van der Waals surface area contributed by atoms with Crippen molar-refractivity contribution in [2.24, 2.45) is 23.7 Å². The summed E-state index contributed by atoms with van der Waals surface area (Å²) in [5, 5.41) is 50.0. The average Bonchev–Trinajstić information content (AvgIpc) is 3.27. The lowest BCUT2D eigenvalue weighted by molar-refractivity contribution is -0.274. The number of anilines is 1. The molecule has 2 aromatic rings. The van der Waals surface area contributed by atoms with Gasteiger partial charge in [0.2, 0.25) is 11.8 Å². The topological polar surface area (TPSA) is 148 Å². The molecule has 0 unspecified atom stereocenters. The number of aromatic hydroxyl groups is 1. The molecule has 5 rings (SSSR count). The minimum Gasteiger partial charge on any atom is -0.508 e. The fourth-order valence-electron chi connectivity index (χ4n) is 5.67. The first kappa shape index (κ1) is 22.1. The number of carbonyl (C=O) groups excluding carboxylic acids is 2. The van der Waals surface area contributed by atoms with E-state index in [4.69, 9.17) is 4.74 Å². The van der Waals surface area contributed by atoms with Gasteiger partial charge in [-0.05, 0) is 48.1 Å². The molecule has 3 aliphatic rings. The van der Waals surface area contributed by atoms with Crippen LogP contribution in [0.2, 0.25) is 0 Å². The van der Waals surface area contributed by atoms with Gasteiger partial charge in [0.05, 0.1) is 30.2 Å². The Hall–Kier alpha value is -2.76. The summed E-state index contributed by atoms with van der Waals surface area (Å²) in [6, 6.07) is 12.3. The highest BCUT2D eigenvalue weighted by Gasteiger charge is 2.66. The zero-order valence-electron chi connectivity index (χ0n) is 17.6. The third-order valence-electron chi connectivity index (χ3n) is 7.28. The molecule has 2 aliphatic heterocycles. The minimum atomic E-state index is -1.78. The molecular weight excluding hydrogens is 429 g/mol. The highest BCUT2D eigenvalue weighted by atomic mass is 16.6. The zero-order chi connectivity index (χ0) is 23.5. The molecule has 33 heavy (non-hydrogen) atoms. The van der Waals surface area contributed by atoms with Gasteiger partial charge in [-0.25, -0.2) is 0 Å². The maximum Gasteiger partial charge on any atom is 0.488 e. The van der Waals surface area contributed by atoms with E-state index in [1.807, 2.05) is 0 Å². The quantitative estimate of drug-likeness (QED) is 0.312. The Balaban J connectivity index is 1.51. The van der Waals surface area contributed by atoms with E-state index in [1.54, 1.807) is 18.2 Å². The van der Waals surface area contributed by atoms with Crippen LogP contribution in [0.15, 0.2) is 48.5 Å². The summed E-state index contributed by atoms with van der Waals surface area (Å²) in [4.78, 5) is 27.9. The van der Waals surface area contributed by atoms with Gasteiger partial charge in [0.25, 0.3) is 0 Å². The van der Waals surface area contributed by atoms with E-state index < -0.39 is 61.1 Å². The van der Waals surface area contributed by atoms with E-state index in [9.17, 15) is 35.0 Å². The first-order chi connectivity index (χ1) is 15.7. The number of aliphatic hydroxyl groups is 2. The van der Waals surface area contributed by atoms with E-state index in [2.05, 4.69) is 0 Å². The lowest BCUT2D eigenvalue weighted by Crippen LogP contribution is -2.54. The van der Waals surface area contributed by atoms with Crippen molar-refractivity contribution in [2.45, 2.75) is 24.7 Å². The van der Waals surface area contributed by atoms with Gasteiger partial charge < -0.3 is 30.1 Å². The van der Waals surface area contributed by atoms with E-state index >= 15 is 0 Å². The highest BCUT2D eigenvalue weighted by molar-refractivity contribution is 6.58. The van der Waals surface area contributed by atoms with Gasteiger partial charge in [-0.2, -0.15) is 0 Å². The van der Waals surface area contributed by atoms with Gasteiger partial charge in [-0.3, -0.25) is 14.5 Å². The second kappa shape index (κ2) is 7.93. The van der Waals surface area contributed by atoms with Crippen LogP contribution in [-0.2, 0) is 14.3 Å². The smallest absolute Gasteiger partial charge is 0.488 e. The van der Waals surface area contributed by atoms with Gasteiger partial charge in [-0.1, -0.05) is 24.3 Å². The van der Waals surface area contributed by atoms with Crippen LogP contribution in [0.5, 0.6) is 5.75 Å². The van der Waals surface area contributed by atoms with Gasteiger partial charge in [0, 0.05) is 11.8 Å². The Morgan fingerprint density at radius 2 is 1.79 bits per heavy atom. The van der Waals surface area contributed by atoms with Crippen LogP contribution in [0.3, 0.4) is 0 Å². The Bertz CT molecular complexity index is 1090. The summed E-state index contributed by atoms with van der Waals surface area (Å²) in [7, 11) is -1.75. The van der Waals surface area contributed by atoms with Crippen molar-refractivity contribution in [1.29, 1.82) is 0 Å². The lowest BCUT2D eigenvalue weighted by atomic mass is 9.64. The number of nitrogens with zero attached hydrogens (tertiary/aromatic N) is 1. The van der Waals surface area contributed by atoms with Crippen molar-refractivity contribution in [1.82, 2.24) is 0 Å². The van der Waals surface area contributed by atoms with Crippen molar-refractivity contribution < 1.29 is 39.7 Å². The maximum absolute atomic E-state index is 13.5. The Morgan fingerprint density at radius 3 is 2.45 bits per heavy atom. The third-order valence-corrected chi connectivity index (χ3v) is 7.28. The largest absolute Gasteiger partial charge is 0.508 e. The fourth-order valence-corrected chi connectivity index (χ4v) is 5.67. The predicted octanol–water partition coefficient (Wildman–Crippen LogP) is -0.344. The summed E-state index contributed by atoms with van der Waals surface area (Å²) in [5.74, 6) is -5.67. The number of hydrogen-bond acceptors (Lipinski definition) is 8. The summed E-state index contributed by atoms with van der Waals surface area (Å²) in [5.41, 5.74) is 1.08. The van der Waals surface area contributed by atoms with E-state index in [-0.39, 0.29) is 29.7 Å². The molecule has 10 heteroatoms. The first-order valence-electron chi connectivity index (χ1n) is 10.9. The second-order valence-corrected chi connectivity index (χ2v) is 9.02. The average molecular weight is 453 g/mol. The fraction of sp³-hybridized carbons (Fsp3) is 0.391. The molecule has 2 aromatic carbocycles. The van der Waals surface area contributed by atoms with Crippen LogP contribution in [0.1, 0.15) is 24.5 Å². The molecule has 6 atom stereocenters. The molecule has 0 radical (unpaired) electrons. The second-order valence-electron chi connectivity index (χ2n) is 9.02. The Morgan fingerprint density at radius 1 is 1.06 bits per heavy atom. The van der Waals surface area contributed by atoms with Crippen molar-refractivity contribution >= 4 is 30.1 Å². The summed E-state index contributed by atoms with van der Waals surface area (Å²) < 4.78 is 6.03. The monoisotopic (exact) mass is 453 g/mol. The van der Waals surface area contributed by atoms with Gasteiger partial charge >= 0.3 is 7.12 Å². The Kier molecular flexibility index (Phi) is 5.30. The van der Waals surface area contributed by atoms with Crippen molar-refractivity contribution in [2.75, 3.05) is 11.5 Å². The molecule has 0 aromatic heterocycles. The first-order valence-corrected chi connectivity index (χ1v) is 10.9. The Labute approximate surface area is 190 Å². The molecule has 2 saturated heterocycles. The standard InChI is InChI=1S/C23H24BNO8/c26-11-13-8-17-20(18-10-19(33-23(13,18)30)12-4-6-16(27)7-5-12)22(29)25(21(17)28)15-3-1-2-14(9-15)24(31)32/h1-7,9,13,17-20,26-27,30-32H,8,10-11H2/t13-,17+,18+,19+,20+,23-/m1/s1. The van der Waals surface area contributed by atoms with Crippen LogP contribution >= 0.6 is 0 Å². The third kappa shape index (κ3) is 3.37. The van der Waals surface area contributed by atoms with E-state index in [0.29, 0.717) is 5.56 Å². The molecule has 172 valence electrons. The number of aliphatic hydroxyl groups excluding tert-OH is 1. The minimum absolute atomic E-state index is 0.0832. The van der Waals surface area contributed by atoms with Crippen molar-refractivity contribution in [3.05, 3.63) is 54.1 Å².